The normalized spacial score (nSPS) is 23.5. The maximum Gasteiger partial charge on any atom is 0.313 e. The van der Waals surface area contributed by atoms with E-state index in [0.29, 0.717) is 19.1 Å². The van der Waals surface area contributed by atoms with Crippen molar-refractivity contribution in [2.75, 3.05) is 31.5 Å². The average molecular weight is 341 g/mol. The first-order chi connectivity index (χ1) is 12.2. The minimum absolute atomic E-state index is 0.385. The van der Waals surface area contributed by atoms with Gasteiger partial charge in [-0.1, -0.05) is 6.07 Å². The molecule has 0 bridgehead atoms. The van der Waals surface area contributed by atoms with Gasteiger partial charge < -0.3 is 10.2 Å². The third kappa shape index (κ3) is 3.56. The largest absolute Gasteiger partial charge is 0.333 e. The quantitative estimate of drug-likeness (QED) is 0.839. The lowest BCUT2D eigenvalue weighted by Crippen LogP contribution is -2.51. The van der Waals surface area contributed by atoms with Crippen LogP contribution in [-0.4, -0.2) is 53.8 Å². The minimum atomic E-state index is -0.500. The van der Waals surface area contributed by atoms with Gasteiger partial charge in [0, 0.05) is 24.8 Å². The SMILES string of the molecule is O=C(Nc1ccc2c(c1)CCC2)C(=O)N1CCC[C@H](N2CCCC2)C1. The number of amides is 2. The number of likely N-dealkylation sites (tertiary alicyclic amines) is 2. The van der Waals surface area contributed by atoms with Gasteiger partial charge in [-0.15, -0.1) is 0 Å². The molecule has 5 heteroatoms. The molecule has 134 valence electrons. The van der Waals surface area contributed by atoms with E-state index in [1.165, 1.54) is 30.4 Å². The molecular weight excluding hydrogens is 314 g/mol. The molecule has 5 nitrogen and oxygen atoms in total. The number of piperidine rings is 1. The lowest BCUT2D eigenvalue weighted by atomic mass is 10.0. The fraction of sp³-hybridized carbons (Fsp3) is 0.600. The molecule has 0 aromatic heterocycles. The number of anilines is 1. The number of fused-ring (bicyclic) bond motifs is 1. The molecule has 2 saturated heterocycles. The van der Waals surface area contributed by atoms with E-state index >= 15 is 0 Å². The van der Waals surface area contributed by atoms with Gasteiger partial charge in [0.2, 0.25) is 0 Å². The summed E-state index contributed by atoms with van der Waals surface area (Å²) in [5, 5.41) is 2.81. The monoisotopic (exact) mass is 341 g/mol. The zero-order valence-electron chi connectivity index (χ0n) is 14.8. The van der Waals surface area contributed by atoms with Crippen molar-refractivity contribution < 1.29 is 9.59 Å². The summed E-state index contributed by atoms with van der Waals surface area (Å²) in [7, 11) is 0. The van der Waals surface area contributed by atoms with Gasteiger partial charge in [0.05, 0.1) is 0 Å². The number of benzene rings is 1. The third-order valence-electron chi connectivity index (χ3n) is 5.89. The van der Waals surface area contributed by atoms with Crippen LogP contribution in [0.3, 0.4) is 0 Å². The van der Waals surface area contributed by atoms with Gasteiger partial charge in [-0.3, -0.25) is 14.5 Å². The van der Waals surface area contributed by atoms with Crippen LogP contribution in [0.2, 0.25) is 0 Å². The molecule has 1 aliphatic carbocycles. The smallest absolute Gasteiger partial charge is 0.313 e. The van der Waals surface area contributed by atoms with Crippen molar-refractivity contribution in [1.82, 2.24) is 9.80 Å². The predicted octanol–water partition coefficient (Wildman–Crippen LogP) is 2.20. The molecule has 0 radical (unpaired) electrons. The van der Waals surface area contributed by atoms with Crippen molar-refractivity contribution in [3.8, 4) is 0 Å². The highest BCUT2D eigenvalue weighted by Crippen LogP contribution is 2.25. The van der Waals surface area contributed by atoms with Crippen LogP contribution in [0, 0.1) is 0 Å². The van der Waals surface area contributed by atoms with E-state index in [-0.39, 0.29) is 5.91 Å². The number of hydrogen-bond acceptors (Lipinski definition) is 3. The molecule has 1 aromatic carbocycles. The fourth-order valence-electron chi connectivity index (χ4n) is 4.52. The van der Waals surface area contributed by atoms with Crippen LogP contribution in [0.25, 0.3) is 0 Å². The first-order valence-corrected chi connectivity index (χ1v) is 9.67. The molecule has 3 aliphatic rings. The van der Waals surface area contributed by atoms with Gasteiger partial charge in [-0.05, 0) is 81.3 Å². The molecular formula is C20H27N3O2. The van der Waals surface area contributed by atoms with Crippen LogP contribution < -0.4 is 5.32 Å². The summed E-state index contributed by atoms with van der Waals surface area (Å²) < 4.78 is 0. The highest BCUT2D eigenvalue weighted by atomic mass is 16.2. The van der Waals surface area contributed by atoms with Crippen molar-refractivity contribution >= 4 is 17.5 Å². The number of nitrogens with one attached hydrogen (secondary N) is 1. The summed E-state index contributed by atoms with van der Waals surface area (Å²) in [6, 6.07) is 6.44. The van der Waals surface area contributed by atoms with Gasteiger partial charge in [0.1, 0.15) is 0 Å². The zero-order valence-corrected chi connectivity index (χ0v) is 14.8. The highest BCUT2D eigenvalue weighted by molar-refractivity contribution is 6.39. The van der Waals surface area contributed by atoms with Crippen LogP contribution in [0.4, 0.5) is 5.69 Å². The van der Waals surface area contributed by atoms with Crippen LogP contribution >= 0.6 is 0 Å². The summed E-state index contributed by atoms with van der Waals surface area (Å²) in [5.41, 5.74) is 3.42. The van der Waals surface area contributed by atoms with Crippen LogP contribution in [-0.2, 0) is 22.4 Å². The summed E-state index contributed by atoms with van der Waals surface area (Å²) >= 11 is 0. The van der Waals surface area contributed by atoms with Gasteiger partial charge in [0.15, 0.2) is 0 Å². The van der Waals surface area contributed by atoms with Crippen molar-refractivity contribution in [2.45, 2.75) is 51.0 Å². The number of carbonyl (C=O) groups excluding carboxylic acids is 2. The Labute approximate surface area is 149 Å². The van der Waals surface area contributed by atoms with E-state index in [0.717, 1.165) is 44.5 Å². The Balaban J connectivity index is 1.37. The fourth-order valence-corrected chi connectivity index (χ4v) is 4.52. The molecule has 0 spiro atoms. The Morgan fingerprint density at radius 2 is 1.76 bits per heavy atom. The molecule has 1 atom stereocenters. The molecule has 0 saturated carbocycles. The maximum absolute atomic E-state index is 12.6. The number of rotatable bonds is 2. The second-order valence-electron chi connectivity index (χ2n) is 7.58. The number of aryl methyl sites for hydroxylation is 2. The molecule has 2 heterocycles. The molecule has 2 aliphatic heterocycles. The average Bonchev–Trinajstić information content (AvgIpc) is 3.32. The van der Waals surface area contributed by atoms with Crippen molar-refractivity contribution in [3.63, 3.8) is 0 Å². The summed E-state index contributed by atoms with van der Waals surface area (Å²) in [6.07, 6.45) is 7.99. The van der Waals surface area contributed by atoms with Crippen molar-refractivity contribution in [3.05, 3.63) is 29.3 Å². The third-order valence-corrected chi connectivity index (χ3v) is 5.89. The molecule has 1 N–H and O–H groups in total. The first kappa shape index (κ1) is 16.6. The number of carbonyl (C=O) groups is 2. The molecule has 1 aromatic rings. The van der Waals surface area contributed by atoms with Crippen LogP contribution in [0.15, 0.2) is 18.2 Å². The summed E-state index contributed by atoms with van der Waals surface area (Å²) in [4.78, 5) is 29.2. The first-order valence-electron chi connectivity index (χ1n) is 9.67. The van der Waals surface area contributed by atoms with E-state index in [9.17, 15) is 9.59 Å². The topological polar surface area (TPSA) is 52.7 Å². The Hall–Kier alpha value is -1.88. The number of nitrogens with zero attached hydrogens (tertiary/aromatic N) is 2. The van der Waals surface area contributed by atoms with E-state index in [1.807, 2.05) is 12.1 Å². The zero-order chi connectivity index (χ0) is 17.2. The van der Waals surface area contributed by atoms with Gasteiger partial charge >= 0.3 is 11.8 Å². The maximum atomic E-state index is 12.6. The lowest BCUT2D eigenvalue weighted by molar-refractivity contribution is -0.144. The minimum Gasteiger partial charge on any atom is -0.333 e. The molecule has 4 rings (SSSR count). The van der Waals surface area contributed by atoms with Crippen LogP contribution in [0.1, 0.15) is 43.2 Å². The molecule has 25 heavy (non-hydrogen) atoms. The Morgan fingerprint density at radius 3 is 2.60 bits per heavy atom. The Bertz CT molecular complexity index is 667. The molecule has 0 unspecified atom stereocenters. The summed E-state index contributed by atoms with van der Waals surface area (Å²) in [6.45, 7) is 3.65. The predicted molar refractivity (Wildman–Crippen MR) is 97.5 cm³/mol. The molecule has 2 amide bonds. The van der Waals surface area contributed by atoms with Crippen molar-refractivity contribution in [2.24, 2.45) is 0 Å². The van der Waals surface area contributed by atoms with Crippen molar-refractivity contribution in [1.29, 1.82) is 0 Å². The number of hydrogen-bond donors (Lipinski definition) is 1. The van der Waals surface area contributed by atoms with E-state index in [2.05, 4.69) is 16.3 Å². The standard InChI is InChI=1S/C20H27N3O2/c24-19(21-17-9-8-15-5-3-6-16(15)13-17)20(25)23-12-4-7-18(14-23)22-10-1-2-11-22/h8-9,13,18H,1-7,10-12,14H2,(H,21,24)/t18-/m0/s1. The Morgan fingerprint density at radius 1 is 0.960 bits per heavy atom. The van der Waals surface area contributed by atoms with E-state index < -0.39 is 5.91 Å². The Kier molecular flexibility index (Phi) is 4.75. The highest BCUT2D eigenvalue weighted by Gasteiger charge is 2.31. The lowest BCUT2D eigenvalue weighted by Gasteiger charge is -2.37. The second kappa shape index (κ2) is 7.16. The van der Waals surface area contributed by atoms with E-state index in [1.54, 1.807) is 4.90 Å². The van der Waals surface area contributed by atoms with E-state index in [4.69, 9.17) is 0 Å². The van der Waals surface area contributed by atoms with Crippen LogP contribution in [0.5, 0.6) is 0 Å². The molecule has 2 fully saturated rings. The van der Waals surface area contributed by atoms with Gasteiger partial charge in [0.25, 0.3) is 0 Å². The van der Waals surface area contributed by atoms with Gasteiger partial charge in [-0.2, -0.15) is 0 Å². The van der Waals surface area contributed by atoms with Gasteiger partial charge in [-0.25, -0.2) is 0 Å². The second-order valence-corrected chi connectivity index (χ2v) is 7.58. The summed E-state index contributed by atoms with van der Waals surface area (Å²) in [5.74, 6) is -0.885.